The Morgan fingerprint density at radius 1 is 1.41 bits per heavy atom. The lowest BCUT2D eigenvalue weighted by molar-refractivity contribution is 0.243. The molecule has 1 heterocycles. The van der Waals surface area contributed by atoms with E-state index in [9.17, 15) is 13.2 Å². The molecule has 0 aliphatic rings. The molecule has 0 atom stereocenters. The van der Waals surface area contributed by atoms with E-state index in [0.717, 1.165) is 0 Å². The average molecular weight is 258 g/mol. The summed E-state index contributed by atoms with van der Waals surface area (Å²) < 4.78 is 25.7. The summed E-state index contributed by atoms with van der Waals surface area (Å²) in [6, 6.07) is 2.63. The Kier molecular flexibility index (Phi) is 4.85. The fraction of sp³-hybridized carbons (Fsp3) is 0.333. The predicted molar refractivity (Wildman–Crippen MR) is 61.9 cm³/mol. The molecule has 0 aliphatic carbocycles. The molecule has 0 radical (unpaired) electrons. The molecule has 0 saturated carbocycles. The van der Waals surface area contributed by atoms with Crippen LogP contribution >= 0.6 is 0 Å². The summed E-state index contributed by atoms with van der Waals surface area (Å²) in [6.07, 6.45) is 2.75. The van der Waals surface area contributed by atoms with Crippen molar-refractivity contribution in [2.45, 2.75) is 4.90 Å². The lowest BCUT2D eigenvalue weighted by Gasteiger charge is -2.07. The van der Waals surface area contributed by atoms with Crippen LogP contribution in [0.4, 0.5) is 4.79 Å². The number of carbonyl (C=O) groups excluding carboxylic acids is 1. The number of sulfonamides is 1. The minimum Gasteiger partial charge on any atom is -0.341 e. The summed E-state index contributed by atoms with van der Waals surface area (Å²) >= 11 is 0. The van der Waals surface area contributed by atoms with Gasteiger partial charge in [-0.3, -0.25) is 4.98 Å². The highest BCUT2D eigenvalue weighted by Crippen LogP contribution is 2.04. The molecule has 17 heavy (non-hydrogen) atoms. The monoisotopic (exact) mass is 258 g/mol. The van der Waals surface area contributed by atoms with Crippen LogP contribution in [0.5, 0.6) is 0 Å². The fourth-order valence-electron chi connectivity index (χ4n) is 1.04. The van der Waals surface area contributed by atoms with Crippen molar-refractivity contribution in [2.75, 3.05) is 20.1 Å². The molecule has 0 spiro atoms. The molecule has 0 bridgehead atoms. The van der Waals surface area contributed by atoms with Crippen molar-refractivity contribution in [1.29, 1.82) is 0 Å². The molecule has 1 aromatic heterocycles. The second-order valence-electron chi connectivity index (χ2n) is 3.09. The maximum Gasteiger partial charge on any atom is 0.314 e. The fourth-order valence-corrected chi connectivity index (χ4v) is 2.03. The van der Waals surface area contributed by atoms with Crippen LogP contribution in [-0.2, 0) is 10.0 Å². The zero-order chi connectivity index (χ0) is 12.7. The first-order valence-corrected chi connectivity index (χ1v) is 6.40. The molecule has 1 aromatic rings. The maximum absolute atomic E-state index is 11.7. The number of urea groups is 1. The average Bonchev–Trinajstić information content (AvgIpc) is 2.35. The molecule has 2 amide bonds. The Balaban J connectivity index is 2.44. The van der Waals surface area contributed by atoms with Gasteiger partial charge in [0.05, 0.1) is 0 Å². The van der Waals surface area contributed by atoms with E-state index in [2.05, 4.69) is 20.3 Å². The van der Waals surface area contributed by atoms with Gasteiger partial charge >= 0.3 is 6.03 Å². The number of nitrogens with one attached hydrogen (secondary N) is 3. The Labute approximate surface area is 99.7 Å². The van der Waals surface area contributed by atoms with Crippen LogP contribution in [0, 0.1) is 0 Å². The molecule has 0 aliphatic heterocycles. The molecule has 0 aromatic carbocycles. The normalized spacial score (nSPS) is 10.9. The first kappa shape index (κ1) is 13.4. The van der Waals surface area contributed by atoms with Gasteiger partial charge in [-0.25, -0.2) is 17.9 Å². The summed E-state index contributed by atoms with van der Waals surface area (Å²) in [5.74, 6) is 0. The highest BCUT2D eigenvalue weighted by atomic mass is 32.2. The number of nitrogens with zero attached hydrogens (tertiary/aromatic N) is 1. The minimum absolute atomic E-state index is 0.0972. The van der Waals surface area contributed by atoms with E-state index in [0.29, 0.717) is 0 Å². The van der Waals surface area contributed by atoms with Crippen LogP contribution in [0.3, 0.4) is 0 Å². The van der Waals surface area contributed by atoms with Crippen LogP contribution in [-0.4, -0.2) is 39.6 Å². The van der Waals surface area contributed by atoms with Crippen LogP contribution < -0.4 is 15.4 Å². The zero-order valence-corrected chi connectivity index (χ0v) is 10.1. The lowest BCUT2D eigenvalue weighted by atomic mass is 10.5. The van der Waals surface area contributed by atoms with Crippen molar-refractivity contribution in [3.63, 3.8) is 0 Å². The van der Waals surface area contributed by atoms with E-state index in [1.54, 1.807) is 0 Å². The number of hydrogen-bond donors (Lipinski definition) is 3. The number of rotatable bonds is 5. The standard InChI is InChI=1S/C9H14N4O3S/c1-10-9(14)12-5-6-13-17(15,16)8-3-2-4-11-7-8/h2-4,7,13H,5-6H2,1H3,(H2,10,12,14). The van der Waals surface area contributed by atoms with E-state index in [4.69, 9.17) is 0 Å². The van der Waals surface area contributed by atoms with Crippen molar-refractivity contribution in [1.82, 2.24) is 20.3 Å². The number of amides is 2. The third kappa shape index (κ3) is 4.37. The molecular weight excluding hydrogens is 244 g/mol. The van der Waals surface area contributed by atoms with E-state index >= 15 is 0 Å². The van der Waals surface area contributed by atoms with E-state index < -0.39 is 10.0 Å². The smallest absolute Gasteiger partial charge is 0.314 e. The van der Waals surface area contributed by atoms with Gasteiger partial charge in [0.15, 0.2) is 0 Å². The van der Waals surface area contributed by atoms with Gasteiger partial charge in [-0.2, -0.15) is 0 Å². The van der Waals surface area contributed by atoms with Gasteiger partial charge in [-0.1, -0.05) is 0 Å². The van der Waals surface area contributed by atoms with Gasteiger partial charge in [0.25, 0.3) is 0 Å². The number of aromatic nitrogens is 1. The molecule has 0 fully saturated rings. The molecule has 3 N–H and O–H groups in total. The molecular formula is C9H14N4O3S. The molecule has 7 nitrogen and oxygen atoms in total. The Bertz CT molecular complexity index is 460. The lowest BCUT2D eigenvalue weighted by Crippen LogP contribution is -2.38. The predicted octanol–water partition coefficient (Wildman–Crippen LogP) is -0.711. The van der Waals surface area contributed by atoms with Gasteiger partial charge in [-0.15, -0.1) is 0 Å². The van der Waals surface area contributed by atoms with Gasteiger partial charge < -0.3 is 10.6 Å². The summed E-state index contributed by atoms with van der Waals surface area (Å²) in [6.45, 7) is 0.323. The SMILES string of the molecule is CNC(=O)NCCNS(=O)(=O)c1cccnc1. The molecule has 1 rings (SSSR count). The van der Waals surface area contributed by atoms with Crippen LogP contribution in [0.1, 0.15) is 0 Å². The van der Waals surface area contributed by atoms with Gasteiger partial charge in [-0.05, 0) is 12.1 Å². The van der Waals surface area contributed by atoms with Crippen molar-refractivity contribution < 1.29 is 13.2 Å². The van der Waals surface area contributed by atoms with Crippen LogP contribution in [0.25, 0.3) is 0 Å². The molecule has 0 saturated heterocycles. The quantitative estimate of drug-likeness (QED) is 0.607. The van der Waals surface area contributed by atoms with Crippen LogP contribution in [0.15, 0.2) is 29.4 Å². The highest BCUT2D eigenvalue weighted by Gasteiger charge is 2.12. The Morgan fingerprint density at radius 2 is 2.18 bits per heavy atom. The first-order chi connectivity index (χ1) is 8.06. The van der Waals surface area contributed by atoms with Gasteiger partial charge in [0, 0.05) is 32.5 Å². The Morgan fingerprint density at radius 3 is 2.76 bits per heavy atom. The number of hydrogen-bond acceptors (Lipinski definition) is 4. The third-order valence-electron chi connectivity index (χ3n) is 1.87. The van der Waals surface area contributed by atoms with E-state index in [1.807, 2.05) is 0 Å². The van der Waals surface area contributed by atoms with Crippen molar-refractivity contribution in [2.24, 2.45) is 0 Å². The Hall–Kier alpha value is -1.67. The zero-order valence-electron chi connectivity index (χ0n) is 9.30. The van der Waals surface area contributed by atoms with Gasteiger partial charge in [0.1, 0.15) is 4.90 Å². The van der Waals surface area contributed by atoms with E-state index in [-0.39, 0.29) is 24.0 Å². The third-order valence-corrected chi connectivity index (χ3v) is 3.32. The second-order valence-corrected chi connectivity index (χ2v) is 4.86. The summed E-state index contributed by atoms with van der Waals surface area (Å²) in [7, 11) is -2.07. The van der Waals surface area contributed by atoms with E-state index in [1.165, 1.54) is 31.6 Å². The second kappa shape index (κ2) is 6.16. The molecule has 0 unspecified atom stereocenters. The van der Waals surface area contributed by atoms with Gasteiger partial charge in [0.2, 0.25) is 10.0 Å². The number of pyridine rings is 1. The minimum atomic E-state index is -3.55. The highest BCUT2D eigenvalue weighted by molar-refractivity contribution is 7.89. The van der Waals surface area contributed by atoms with Crippen molar-refractivity contribution >= 4 is 16.1 Å². The number of carbonyl (C=O) groups is 1. The first-order valence-electron chi connectivity index (χ1n) is 4.91. The maximum atomic E-state index is 11.7. The molecule has 94 valence electrons. The summed E-state index contributed by atoms with van der Waals surface area (Å²) in [5.41, 5.74) is 0. The largest absolute Gasteiger partial charge is 0.341 e. The van der Waals surface area contributed by atoms with Crippen molar-refractivity contribution in [3.05, 3.63) is 24.5 Å². The van der Waals surface area contributed by atoms with Crippen molar-refractivity contribution in [3.8, 4) is 0 Å². The topological polar surface area (TPSA) is 100 Å². The summed E-state index contributed by atoms with van der Waals surface area (Å²) in [4.78, 5) is 14.6. The van der Waals surface area contributed by atoms with Crippen LogP contribution in [0.2, 0.25) is 0 Å². The molecule has 8 heteroatoms. The summed E-state index contributed by atoms with van der Waals surface area (Å²) in [5, 5.41) is 4.82.